The molecule has 1 fully saturated rings. The van der Waals surface area contributed by atoms with Crippen LogP contribution < -0.4 is 5.32 Å². The lowest BCUT2D eigenvalue weighted by atomic mass is 10.00. The van der Waals surface area contributed by atoms with Gasteiger partial charge < -0.3 is 5.32 Å². The van der Waals surface area contributed by atoms with Gasteiger partial charge in [0.15, 0.2) is 0 Å². The smallest absolute Gasteiger partial charge is 0.243 e. The highest BCUT2D eigenvalue weighted by atomic mass is 32.2. The molecule has 4 nitrogen and oxygen atoms in total. The number of nitrogens with one attached hydrogen (secondary N) is 1. The van der Waals surface area contributed by atoms with Gasteiger partial charge in [0.1, 0.15) is 0 Å². The first-order valence-electron chi connectivity index (χ1n) is 7.81. The number of piperidine rings is 1. The van der Waals surface area contributed by atoms with Gasteiger partial charge in [-0.3, -0.25) is 0 Å². The van der Waals surface area contributed by atoms with Crippen molar-refractivity contribution in [3.8, 4) is 0 Å². The SMILES string of the molecule is CCCNCC1CCCN(S(=O)(=O)c2ccc(C)cc2)C1. The van der Waals surface area contributed by atoms with E-state index in [2.05, 4.69) is 12.2 Å². The Bertz CT molecular complexity index is 540. The quantitative estimate of drug-likeness (QED) is 0.821. The minimum Gasteiger partial charge on any atom is -0.316 e. The molecular weight excluding hydrogens is 284 g/mol. The van der Waals surface area contributed by atoms with E-state index < -0.39 is 10.0 Å². The fourth-order valence-electron chi connectivity index (χ4n) is 2.75. The van der Waals surface area contributed by atoms with E-state index in [9.17, 15) is 8.42 Å². The van der Waals surface area contributed by atoms with E-state index >= 15 is 0 Å². The lowest BCUT2D eigenvalue weighted by Crippen LogP contribution is -2.42. The summed E-state index contributed by atoms with van der Waals surface area (Å²) in [7, 11) is -3.34. The fourth-order valence-corrected chi connectivity index (χ4v) is 4.31. The van der Waals surface area contributed by atoms with Crippen LogP contribution in [-0.4, -0.2) is 38.9 Å². The van der Waals surface area contributed by atoms with Crippen molar-refractivity contribution in [1.29, 1.82) is 0 Å². The lowest BCUT2D eigenvalue weighted by molar-refractivity contribution is 0.260. The molecule has 1 aliphatic rings. The van der Waals surface area contributed by atoms with Gasteiger partial charge in [-0.05, 0) is 57.3 Å². The van der Waals surface area contributed by atoms with Crippen LogP contribution in [0.3, 0.4) is 0 Å². The Labute approximate surface area is 128 Å². The molecule has 2 rings (SSSR count). The maximum Gasteiger partial charge on any atom is 0.243 e. The molecule has 0 aliphatic carbocycles. The second-order valence-corrected chi connectivity index (χ2v) is 7.83. The average Bonchev–Trinajstić information content (AvgIpc) is 2.48. The molecule has 1 aliphatic heterocycles. The van der Waals surface area contributed by atoms with E-state index in [0.717, 1.165) is 37.9 Å². The van der Waals surface area contributed by atoms with E-state index in [0.29, 0.717) is 23.9 Å². The minimum absolute atomic E-state index is 0.412. The Morgan fingerprint density at radius 1 is 1.29 bits per heavy atom. The van der Waals surface area contributed by atoms with Crippen LogP contribution in [0.25, 0.3) is 0 Å². The molecule has 0 bridgehead atoms. The zero-order valence-corrected chi connectivity index (χ0v) is 13.8. The van der Waals surface area contributed by atoms with Gasteiger partial charge in [0.2, 0.25) is 10.0 Å². The molecule has 5 heteroatoms. The number of nitrogens with zero attached hydrogens (tertiary/aromatic N) is 1. The van der Waals surface area contributed by atoms with Crippen LogP contribution >= 0.6 is 0 Å². The molecule has 0 amide bonds. The van der Waals surface area contributed by atoms with Crippen LogP contribution in [0.5, 0.6) is 0 Å². The van der Waals surface area contributed by atoms with Crippen molar-refractivity contribution in [2.45, 2.75) is 38.0 Å². The van der Waals surface area contributed by atoms with Crippen molar-refractivity contribution < 1.29 is 8.42 Å². The highest BCUT2D eigenvalue weighted by molar-refractivity contribution is 7.89. The van der Waals surface area contributed by atoms with Crippen LogP contribution in [0.1, 0.15) is 31.7 Å². The Kier molecular flexibility index (Phi) is 5.79. The minimum atomic E-state index is -3.34. The zero-order valence-electron chi connectivity index (χ0n) is 13.0. The van der Waals surface area contributed by atoms with Crippen molar-refractivity contribution in [3.05, 3.63) is 29.8 Å². The second-order valence-electron chi connectivity index (χ2n) is 5.89. The van der Waals surface area contributed by atoms with Crippen molar-refractivity contribution >= 4 is 10.0 Å². The van der Waals surface area contributed by atoms with Crippen molar-refractivity contribution in [2.75, 3.05) is 26.2 Å². The number of aryl methyl sites for hydroxylation is 1. The Morgan fingerprint density at radius 3 is 2.67 bits per heavy atom. The van der Waals surface area contributed by atoms with Gasteiger partial charge in [0, 0.05) is 13.1 Å². The van der Waals surface area contributed by atoms with Crippen molar-refractivity contribution in [1.82, 2.24) is 9.62 Å². The first kappa shape index (κ1) is 16.5. The summed E-state index contributed by atoms with van der Waals surface area (Å²) in [6.07, 6.45) is 3.16. The molecule has 1 N–H and O–H groups in total. The summed E-state index contributed by atoms with van der Waals surface area (Å²) in [5.41, 5.74) is 1.08. The number of hydrogen-bond donors (Lipinski definition) is 1. The summed E-state index contributed by atoms with van der Waals surface area (Å²) in [6, 6.07) is 7.14. The molecule has 1 unspecified atom stereocenters. The molecule has 1 saturated heterocycles. The van der Waals surface area contributed by atoms with Crippen LogP contribution in [0.2, 0.25) is 0 Å². The zero-order chi connectivity index (χ0) is 15.3. The number of benzene rings is 1. The molecule has 1 atom stereocenters. The topological polar surface area (TPSA) is 49.4 Å². The second kappa shape index (κ2) is 7.38. The Balaban J connectivity index is 2.04. The van der Waals surface area contributed by atoms with Crippen molar-refractivity contribution in [2.24, 2.45) is 5.92 Å². The fraction of sp³-hybridized carbons (Fsp3) is 0.625. The van der Waals surface area contributed by atoms with Crippen molar-refractivity contribution in [3.63, 3.8) is 0 Å². The molecule has 0 saturated carbocycles. The van der Waals surface area contributed by atoms with Gasteiger partial charge in [0.25, 0.3) is 0 Å². The van der Waals surface area contributed by atoms with Gasteiger partial charge in [-0.25, -0.2) is 8.42 Å². The summed E-state index contributed by atoms with van der Waals surface area (Å²) >= 11 is 0. The Morgan fingerprint density at radius 2 is 2.00 bits per heavy atom. The van der Waals surface area contributed by atoms with Crippen LogP contribution in [-0.2, 0) is 10.0 Å². The normalized spacial score (nSPS) is 20.6. The molecule has 1 aromatic rings. The molecule has 118 valence electrons. The monoisotopic (exact) mass is 310 g/mol. The third-order valence-corrected chi connectivity index (χ3v) is 5.88. The molecule has 1 aromatic carbocycles. The summed E-state index contributed by atoms with van der Waals surface area (Å²) in [6.45, 7) is 7.29. The standard InChI is InChI=1S/C16H26N2O2S/c1-3-10-17-12-15-5-4-11-18(13-15)21(19,20)16-8-6-14(2)7-9-16/h6-9,15,17H,3-5,10-13H2,1-2H3. The summed E-state index contributed by atoms with van der Waals surface area (Å²) in [5.74, 6) is 0.422. The van der Waals surface area contributed by atoms with Crippen LogP contribution in [0.4, 0.5) is 0 Å². The number of rotatable bonds is 6. The summed E-state index contributed by atoms with van der Waals surface area (Å²) < 4.78 is 27.0. The largest absolute Gasteiger partial charge is 0.316 e. The van der Waals surface area contributed by atoms with Crippen LogP contribution in [0.15, 0.2) is 29.2 Å². The molecule has 0 aromatic heterocycles. The first-order chi connectivity index (χ1) is 10.0. The van der Waals surface area contributed by atoms with E-state index in [1.165, 1.54) is 0 Å². The third-order valence-electron chi connectivity index (χ3n) is 4.00. The van der Waals surface area contributed by atoms with Crippen LogP contribution in [0, 0.1) is 12.8 Å². The number of sulfonamides is 1. The van der Waals surface area contributed by atoms with E-state index in [1.54, 1.807) is 16.4 Å². The maximum atomic E-state index is 12.7. The van der Waals surface area contributed by atoms with Gasteiger partial charge >= 0.3 is 0 Å². The van der Waals surface area contributed by atoms with Gasteiger partial charge in [-0.15, -0.1) is 0 Å². The number of hydrogen-bond acceptors (Lipinski definition) is 3. The van der Waals surface area contributed by atoms with Gasteiger partial charge in [-0.1, -0.05) is 24.6 Å². The third kappa shape index (κ3) is 4.28. The van der Waals surface area contributed by atoms with E-state index in [-0.39, 0.29) is 0 Å². The molecule has 1 heterocycles. The average molecular weight is 310 g/mol. The van der Waals surface area contributed by atoms with E-state index in [1.807, 2.05) is 19.1 Å². The molecule has 0 radical (unpaired) electrons. The van der Waals surface area contributed by atoms with Gasteiger partial charge in [0.05, 0.1) is 4.90 Å². The summed E-state index contributed by atoms with van der Waals surface area (Å²) in [4.78, 5) is 0.412. The predicted molar refractivity (Wildman–Crippen MR) is 85.8 cm³/mol. The predicted octanol–water partition coefficient (Wildman–Crippen LogP) is 2.40. The molecular formula is C16H26N2O2S. The highest BCUT2D eigenvalue weighted by Crippen LogP contribution is 2.23. The first-order valence-corrected chi connectivity index (χ1v) is 9.25. The molecule has 0 spiro atoms. The molecule has 21 heavy (non-hydrogen) atoms. The van der Waals surface area contributed by atoms with Gasteiger partial charge in [-0.2, -0.15) is 4.31 Å². The highest BCUT2D eigenvalue weighted by Gasteiger charge is 2.29. The lowest BCUT2D eigenvalue weighted by Gasteiger charge is -2.32. The maximum absolute atomic E-state index is 12.7. The van der Waals surface area contributed by atoms with E-state index in [4.69, 9.17) is 0 Å². The summed E-state index contributed by atoms with van der Waals surface area (Å²) in [5, 5.41) is 3.40. The Hall–Kier alpha value is -0.910.